The number of aryl methyl sites for hydroxylation is 1. The third kappa shape index (κ3) is 2.88. The number of nitrogens with one attached hydrogen (secondary N) is 1. The van der Waals surface area contributed by atoms with Gasteiger partial charge in [-0.3, -0.25) is 0 Å². The minimum Gasteiger partial charge on any atom is -0.458 e. The number of para-hydroxylation sites is 1. The SMILES string of the molecule is CCc1c(CNCC(C)C)oc2c(I)cccc12. The van der Waals surface area contributed by atoms with Crippen LogP contribution in [0.5, 0.6) is 0 Å². The van der Waals surface area contributed by atoms with Crippen molar-refractivity contribution in [1.29, 1.82) is 0 Å². The van der Waals surface area contributed by atoms with Gasteiger partial charge in [0, 0.05) is 10.9 Å². The van der Waals surface area contributed by atoms with Crippen molar-refractivity contribution in [3.63, 3.8) is 0 Å². The predicted molar refractivity (Wildman–Crippen MR) is 84.9 cm³/mol. The first-order valence-electron chi connectivity index (χ1n) is 6.53. The Morgan fingerprint density at radius 3 is 2.78 bits per heavy atom. The number of furan rings is 1. The molecule has 0 atom stereocenters. The second-order valence-corrected chi connectivity index (χ2v) is 6.16. The largest absolute Gasteiger partial charge is 0.458 e. The monoisotopic (exact) mass is 357 g/mol. The Bertz CT molecular complexity index is 531. The van der Waals surface area contributed by atoms with Crippen molar-refractivity contribution in [3.8, 4) is 0 Å². The number of rotatable bonds is 5. The summed E-state index contributed by atoms with van der Waals surface area (Å²) in [4.78, 5) is 0. The van der Waals surface area contributed by atoms with Gasteiger partial charge in [0.1, 0.15) is 11.3 Å². The molecule has 1 aromatic heterocycles. The van der Waals surface area contributed by atoms with E-state index in [1.807, 2.05) is 0 Å². The topological polar surface area (TPSA) is 25.2 Å². The van der Waals surface area contributed by atoms with Gasteiger partial charge in [0.25, 0.3) is 0 Å². The first-order chi connectivity index (χ1) is 8.63. The van der Waals surface area contributed by atoms with Gasteiger partial charge in [0.15, 0.2) is 0 Å². The number of hydrogen-bond donors (Lipinski definition) is 1. The summed E-state index contributed by atoms with van der Waals surface area (Å²) < 4.78 is 7.22. The molecule has 1 aromatic carbocycles. The molecule has 2 aromatic rings. The Morgan fingerprint density at radius 1 is 1.33 bits per heavy atom. The zero-order valence-corrected chi connectivity index (χ0v) is 13.4. The maximum absolute atomic E-state index is 6.03. The van der Waals surface area contributed by atoms with Crippen LogP contribution in [0.25, 0.3) is 11.0 Å². The number of fused-ring (bicyclic) bond motifs is 1. The lowest BCUT2D eigenvalue weighted by molar-refractivity contribution is 0.480. The molecule has 0 fully saturated rings. The van der Waals surface area contributed by atoms with Crippen molar-refractivity contribution in [2.75, 3.05) is 6.54 Å². The summed E-state index contributed by atoms with van der Waals surface area (Å²) in [6.45, 7) is 8.48. The van der Waals surface area contributed by atoms with Crippen LogP contribution in [0.4, 0.5) is 0 Å². The molecule has 98 valence electrons. The van der Waals surface area contributed by atoms with Gasteiger partial charge in [-0.15, -0.1) is 0 Å². The van der Waals surface area contributed by atoms with Crippen LogP contribution in [0, 0.1) is 9.49 Å². The van der Waals surface area contributed by atoms with E-state index in [-0.39, 0.29) is 0 Å². The summed E-state index contributed by atoms with van der Waals surface area (Å²) in [6.07, 6.45) is 1.02. The second-order valence-electron chi connectivity index (χ2n) is 5.00. The van der Waals surface area contributed by atoms with Crippen molar-refractivity contribution in [3.05, 3.63) is 33.1 Å². The lowest BCUT2D eigenvalue weighted by Crippen LogP contribution is -2.19. The molecule has 0 amide bonds. The predicted octanol–water partition coefficient (Wildman–Crippen LogP) is 4.35. The quantitative estimate of drug-likeness (QED) is 0.805. The Balaban J connectivity index is 2.29. The molecule has 0 aliphatic carbocycles. The zero-order valence-electron chi connectivity index (χ0n) is 11.2. The lowest BCUT2D eigenvalue weighted by Gasteiger charge is -2.06. The third-order valence-electron chi connectivity index (χ3n) is 3.05. The van der Waals surface area contributed by atoms with Crippen LogP contribution in [-0.2, 0) is 13.0 Å². The van der Waals surface area contributed by atoms with Gasteiger partial charge in [-0.25, -0.2) is 0 Å². The molecule has 18 heavy (non-hydrogen) atoms. The summed E-state index contributed by atoms with van der Waals surface area (Å²) in [6, 6.07) is 6.35. The summed E-state index contributed by atoms with van der Waals surface area (Å²) >= 11 is 2.34. The van der Waals surface area contributed by atoms with Crippen LogP contribution in [0.2, 0.25) is 0 Å². The van der Waals surface area contributed by atoms with E-state index in [1.165, 1.54) is 14.5 Å². The van der Waals surface area contributed by atoms with Gasteiger partial charge in [0.05, 0.1) is 10.1 Å². The molecule has 0 saturated heterocycles. The molecular formula is C15H20INO. The fourth-order valence-corrected chi connectivity index (χ4v) is 2.80. The highest BCUT2D eigenvalue weighted by molar-refractivity contribution is 14.1. The van der Waals surface area contributed by atoms with Crippen LogP contribution in [0.15, 0.2) is 22.6 Å². The fraction of sp³-hybridized carbons (Fsp3) is 0.467. The fourth-order valence-electron chi connectivity index (χ4n) is 2.19. The smallest absolute Gasteiger partial charge is 0.147 e. The third-order valence-corrected chi connectivity index (χ3v) is 3.90. The Kier molecular flexibility index (Phi) is 4.67. The maximum Gasteiger partial charge on any atom is 0.147 e. The molecule has 0 radical (unpaired) electrons. The number of benzene rings is 1. The van der Waals surface area contributed by atoms with Crippen molar-refractivity contribution >= 4 is 33.6 Å². The van der Waals surface area contributed by atoms with Crippen LogP contribution >= 0.6 is 22.6 Å². The van der Waals surface area contributed by atoms with E-state index >= 15 is 0 Å². The lowest BCUT2D eigenvalue weighted by atomic mass is 10.1. The van der Waals surface area contributed by atoms with Crippen molar-refractivity contribution in [1.82, 2.24) is 5.32 Å². The van der Waals surface area contributed by atoms with Gasteiger partial charge in [-0.1, -0.05) is 32.9 Å². The molecule has 2 nitrogen and oxygen atoms in total. The van der Waals surface area contributed by atoms with E-state index in [9.17, 15) is 0 Å². The molecule has 1 N–H and O–H groups in total. The molecule has 1 heterocycles. The van der Waals surface area contributed by atoms with Crippen LogP contribution in [-0.4, -0.2) is 6.54 Å². The molecule has 2 rings (SSSR count). The summed E-state index contributed by atoms with van der Waals surface area (Å²) in [5.74, 6) is 1.76. The summed E-state index contributed by atoms with van der Waals surface area (Å²) in [7, 11) is 0. The first-order valence-corrected chi connectivity index (χ1v) is 7.60. The second kappa shape index (κ2) is 6.06. The van der Waals surface area contributed by atoms with E-state index in [1.54, 1.807) is 0 Å². The average molecular weight is 357 g/mol. The summed E-state index contributed by atoms with van der Waals surface area (Å²) in [5.41, 5.74) is 2.39. The highest BCUT2D eigenvalue weighted by atomic mass is 127. The van der Waals surface area contributed by atoms with Gasteiger partial charge in [-0.05, 0) is 47.5 Å². The highest BCUT2D eigenvalue weighted by Gasteiger charge is 2.13. The van der Waals surface area contributed by atoms with Crippen LogP contribution in [0.3, 0.4) is 0 Å². The van der Waals surface area contributed by atoms with Crippen LogP contribution < -0.4 is 5.32 Å². The minimum atomic E-state index is 0.666. The average Bonchev–Trinajstić information content (AvgIpc) is 2.68. The normalized spacial score (nSPS) is 11.6. The Morgan fingerprint density at radius 2 is 2.11 bits per heavy atom. The molecule has 3 heteroatoms. The van der Waals surface area contributed by atoms with Gasteiger partial charge < -0.3 is 9.73 Å². The Hall–Kier alpha value is -0.550. The first kappa shape index (κ1) is 13.9. The van der Waals surface area contributed by atoms with E-state index < -0.39 is 0 Å². The molecular weight excluding hydrogens is 337 g/mol. The molecule has 0 saturated carbocycles. The van der Waals surface area contributed by atoms with E-state index in [4.69, 9.17) is 4.42 Å². The molecule has 0 aliphatic heterocycles. The van der Waals surface area contributed by atoms with E-state index in [2.05, 4.69) is 66.9 Å². The highest BCUT2D eigenvalue weighted by Crippen LogP contribution is 2.29. The Labute approximate surface area is 122 Å². The molecule has 0 aliphatic rings. The van der Waals surface area contributed by atoms with E-state index in [0.717, 1.165) is 30.9 Å². The molecule has 0 bridgehead atoms. The van der Waals surface area contributed by atoms with Crippen molar-refractivity contribution in [2.24, 2.45) is 5.92 Å². The van der Waals surface area contributed by atoms with Gasteiger partial charge in [0.2, 0.25) is 0 Å². The van der Waals surface area contributed by atoms with Gasteiger partial charge >= 0.3 is 0 Å². The minimum absolute atomic E-state index is 0.666. The maximum atomic E-state index is 6.03. The number of halogens is 1. The van der Waals surface area contributed by atoms with Crippen LogP contribution in [0.1, 0.15) is 32.1 Å². The van der Waals surface area contributed by atoms with E-state index in [0.29, 0.717) is 5.92 Å². The van der Waals surface area contributed by atoms with Gasteiger partial charge in [-0.2, -0.15) is 0 Å². The van der Waals surface area contributed by atoms with Crippen molar-refractivity contribution < 1.29 is 4.42 Å². The molecule has 0 unspecified atom stereocenters. The van der Waals surface area contributed by atoms with Crippen molar-refractivity contribution in [2.45, 2.75) is 33.7 Å². The zero-order chi connectivity index (χ0) is 13.1. The summed E-state index contributed by atoms with van der Waals surface area (Å²) in [5, 5.41) is 4.73. The standard InChI is InChI=1S/C15H20INO/c1-4-11-12-6-5-7-13(16)15(12)18-14(11)9-17-8-10(2)3/h5-7,10,17H,4,8-9H2,1-3H3. The number of hydrogen-bond acceptors (Lipinski definition) is 2. The molecule has 0 spiro atoms.